The van der Waals surface area contributed by atoms with Gasteiger partial charge in [0, 0.05) is 0 Å². The molecule has 3 heteroatoms. The van der Waals surface area contributed by atoms with E-state index in [1.807, 2.05) is 12.1 Å². The maximum Gasteiger partial charge on any atom is 0.137 e. The van der Waals surface area contributed by atoms with Crippen LogP contribution in [0.25, 0.3) is 0 Å². The minimum Gasteiger partial charge on any atom is -0.492 e. The number of para-hydroxylation sites is 1. The van der Waals surface area contributed by atoms with Gasteiger partial charge in [-0.1, -0.05) is 12.1 Å². The number of fused-ring (bicyclic) bond motifs is 1. The van der Waals surface area contributed by atoms with E-state index >= 15 is 0 Å². The Bertz CT molecular complexity index is 274. The lowest BCUT2D eigenvalue weighted by Gasteiger charge is -2.18. The van der Waals surface area contributed by atoms with E-state index < -0.39 is 0 Å². The summed E-state index contributed by atoms with van der Waals surface area (Å²) in [5.41, 5.74) is 1.29. The fourth-order valence-corrected chi connectivity index (χ4v) is 1.91. The molecular weight excluding hydrogens is 170 g/mol. The van der Waals surface area contributed by atoms with Crippen LogP contribution in [-0.2, 0) is 6.42 Å². The van der Waals surface area contributed by atoms with Crippen molar-refractivity contribution in [1.82, 2.24) is 0 Å². The highest BCUT2D eigenvalue weighted by Gasteiger charge is 2.13. The number of rotatable bonds is 1. The van der Waals surface area contributed by atoms with E-state index in [4.69, 9.17) is 9.88 Å². The highest BCUT2D eigenvalue weighted by molar-refractivity contribution is 7.97. The molecule has 0 radical (unpaired) electrons. The Balaban J connectivity index is 2.44. The van der Waals surface area contributed by atoms with Gasteiger partial charge >= 0.3 is 0 Å². The summed E-state index contributed by atoms with van der Waals surface area (Å²) in [6.45, 7) is 0.824. The lowest BCUT2D eigenvalue weighted by Crippen LogP contribution is -2.09. The van der Waals surface area contributed by atoms with Gasteiger partial charge in [-0.3, -0.25) is 5.14 Å². The summed E-state index contributed by atoms with van der Waals surface area (Å²) in [7, 11) is 0. The summed E-state index contributed by atoms with van der Waals surface area (Å²) in [5.74, 6) is 0.997. The molecule has 64 valence electrons. The maximum atomic E-state index is 5.54. The molecule has 2 rings (SSSR count). The van der Waals surface area contributed by atoms with E-state index in [1.54, 1.807) is 0 Å². The third-order valence-electron chi connectivity index (χ3n) is 2.02. The second kappa shape index (κ2) is 3.37. The standard InChI is InChI=1S/C9H11NOS/c10-12-8-5-1-3-7-4-2-6-11-9(7)8/h1,3,5H,2,4,6,10H2. The van der Waals surface area contributed by atoms with Crippen molar-refractivity contribution >= 4 is 11.9 Å². The van der Waals surface area contributed by atoms with Crippen LogP contribution >= 0.6 is 11.9 Å². The first-order valence-corrected chi connectivity index (χ1v) is 4.91. The third-order valence-corrected chi connectivity index (χ3v) is 2.60. The van der Waals surface area contributed by atoms with Crippen molar-refractivity contribution in [3.05, 3.63) is 23.8 Å². The fourth-order valence-electron chi connectivity index (χ4n) is 1.45. The minimum absolute atomic E-state index is 0.824. The normalized spacial score (nSPS) is 15.1. The largest absolute Gasteiger partial charge is 0.492 e. The fraction of sp³-hybridized carbons (Fsp3) is 0.333. The molecule has 0 aliphatic carbocycles. The van der Waals surface area contributed by atoms with Crippen LogP contribution in [0.4, 0.5) is 0 Å². The van der Waals surface area contributed by atoms with Crippen molar-refractivity contribution in [2.75, 3.05) is 6.61 Å². The Kier molecular flexibility index (Phi) is 2.23. The average Bonchev–Trinajstić information content (AvgIpc) is 2.17. The van der Waals surface area contributed by atoms with Gasteiger partial charge in [-0.25, -0.2) is 0 Å². The zero-order valence-corrected chi connectivity index (χ0v) is 7.56. The zero-order valence-electron chi connectivity index (χ0n) is 6.75. The zero-order chi connectivity index (χ0) is 8.39. The number of nitrogens with two attached hydrogens (primary N) is 1. The van der Waals surface area contributed by atoms with Gasteiger partial charge in [0.1, 0.15) is 5.75 Å². The van der Waals surface area contributed by atoms with Gasteiger partial charge in [-0.2, -0.15) is 0 Å². The maximum absolute atomic E-state index is 5.54. The highest BCUT2D eigenvalue weighted by Crippen LogP contribution is 2.33. The second-order valence-electron chi connectivity index (χ2n) is 2.81. The molecule has 1 aromatic rings. The van der Waals surface area contributed by atoms with Crippen molar-refractivity contribution in [3.8, 4) is 5.75 Å². The molecule has 1 aliphatic heterocycles. The molecule has 12 heavy (non-hydrogen) atoms. The molecule has 0 saturated carbocycles. The van der Waals surface area contributed by atoms with E-state index in [1.165, 1.54) is 17.5 Å². The molecule has 0 aromatic heterocycles. The van der Waals surface area contributed by atoms with Gasteiger partial charge in [0.2, 0.25) is 0 Å². The number of benzene rings is 1. The SMILES string of the molecule is NSc1cccc2c1OCCC2. The minimum atomic E-state index is 0.824. The van der Waals surface area contributed by atoms with Crippen LogP contribution in [-0.4, -0.2) is 6.61 Å². The third kappa shape index (κ3) is 1.30. The van der Waals surface area contributed by atoms with Crippen LogP contribution in [0.5, 0.6) is 5.75 Å². The summed E-state index contributed by atoms with van der Waals surface area (Å²) in [6, 6.07) is 6.13. The van der Waals surface area contributed by atoms with Crippen molar-refractivity contribution in [3.63, 3.8) is 0 Å². The number of aryl methyl sites for hydroxylation is 1. The summed E-state index contributed by atoms with van der Waals surface area (Å²) in [6.07, 6.45) is 2.23. The monoisotopic (exact) mass is 181 g/mol. The number of hydrogen-bond donors (Lipinski definition) is 1. The Labute approximate surface area is 76.2 Å². The van der Waals surface area contributed by atoms with Crippen molar-refractivity contribution in [2.45, 2.75) is 17.7 Å². The summed E-state index contributed by atoms with van der Waals surface area (Å²) < 4.78 is 5.54. The molecule has 2 nitrogen and oxygen atoms in total. The van der Waals surface area contributed by atoms with Crippen LogP contribution in [0.1, 0.15) is 12.0 Å². The molecule has 0 bridgehead atoms. The molecule has 0 fully saturated rings. The van der Waals surface area contributed by atoms with Crippen molar-refractivity contribution < 1.29 is 4.74 Å². The van der Waals surface area contributed by atoms with Crippen molar-refractivity contribution in [2.24, 2.45) is 5.14 Å². The summed E-state index contributed by atoms with van der Waals surface area (Å²) in [5, 5.41) is 5.51. The highest BCUT2D eigenvalue weighted by atomic mass is 32.2. The second-order valence-corrected chi connectivity index (χ2v) is 3.49. The lowest BCUT2D eigenvalue weighted by atomic mass is 10.1. The average molecular weight is 181 g/mol. The van der Waals surface area contributed by atoms with Crippen molar-refractivity contribution in [1.29, 1.82) is 0 Å². The molecule has 0 amide bonds. The van der Waals surface area contributed by atoms with Gasteiger partial charge in [-0.05, 0) is 36.4 Å². The first-order chi connectivity index (χ1) is 5.92. The van der Waals surface area contributed by atoms with Gasteiger partial charge < -0.3 is 4.74 Å². The van der Waals surface area contributed by atoms with E-state index in [2.05, 4.69) is 6.07 Å². The van der Waals surface area contributed by atoms with Gasteiger partial charge in [0.05, 0.1) is 11.5 Å². The predicted octanol–water partition coefficient (Wildman–Crippen LogP) is 1.98. The molecule has 0 atom stereocenters. The first-order valence-electron chi connectivity index (χ1n) is 4.03. The lowest BCUT2D eigenvalue weighted by molar-refractivity contribution is 0.281. The molecule has 2 N–H and O–H groups in total. The molecule has 0 saturated heterocycles. The van der Waals surface area contributed by atoms with Gasteiger partial charge in [0.15, 0.2) is 0 Å². The summed E-state index contributed by atoms with van der Waals surface area (Å²) in [4.78, 5) is 1.05. The first kappa shape index (κ1) is 7.95. The summed E-state index contributed by atoms with van der Waals surface area (Å²) >= 11 is 1.26. The van der Waals surface area contributed by atoms with Crippen LogP contribution in [0, 0.1) is 0 Å². The Morgan fingerprint density at radius 3 is 3.17 bits per heavy atom. The van der Waals surface area contributed by atoms with Crippen LogP contribution in [0.3, 0.4) is 0 Å². The molecular formula is C9H11NOS. The molecule has 1 heterocycles. The molecule has 1 aliphatic rings. The Morgan fingerprint density at radius 1 is 1.42 bits per heavy atom. The van der Waals surface area contributed by atoms with Gasteiger partial charge in [0.25, 0.3) is 0 Å². The number of ether oxygens (including phenoxy) is 1. The van der Waals surface area contributed by atoms with E-state index in [0.29, 0.717) is 0 Å². The van der Waals surface area contributed by atoms with E-state index in [-0.39, 0.29) is 0 Å². The number of hydrogen-bond acceptors (Lipinski definition) is 3. The topological polar surface area (TPSA) is 35.2 Å². The van der Waals surface area contributed by atoms with Crippen LogP contribution in [0.15, 0.2) is 23.1 Å². The predicted molar refractivity (Wildman–Crippen MR) is 50.3 cm³/mol. The van der Waals surface area contributed by atoms with Crippen LogP contribution < -0.4 is 9.88 Å². The van der Waals surface area contributed by atoms with Crippen LogP contribution in [0.2, 0.25) is 0 Å². The molecule has 0 spiro atoms. The van der Waals surface area contributed by atoms with E-state index in [0.717, 1.165) is 30.1 Å². The molecule has 0 unspecified atom stereocenters. The Hall–Kier alpha value is -0.670. The Morgan fingerprint density at radius 2 is 2.33 bits per heavy atom. The smallest absolute Gasteiger partial charge is 0.137 e. The quantitative estimate of drug-likeness (QED) is 0.673. The molecule has 1 aromatic carbocycles. The van der Waals surface area contributed by atoms with Gasteiger partial charge in [-0.15, -0.1) is 0 Å². The van der Waals surface area contributed by atoms with E-state index in [9.17, 15) is 0 Å².